The molecular formula is C13H20F2N2. The van der Waals surface area contributed by atoms with Crippen molar-refractivity contribution < 1.29 is 8.78 Å². The molecule has 96 valence electrons. The van der Waals surface area contributed by atoms with Gasteiger partial charge in [-0.25, -0.2) is 8.78 Å². The first kappa shape index (κ1) is 14.1. The molecule has 0 bridgehead atoms. The third-order valence-electron chi connectivity index (χ3n) is 2.54. The molecule has 17 heavy (non-hydrogen) atoms. The third kappa shape index (κ3) is 5.75. The monoisotopic (exact) mass is 242 g/mol. The van der Waals surface area contributed by atoms with E-state index in [2.05, 4.69) is 10.2 Å². The molecule has 1 aromatic rings. The van der Waals surface area contributed by atoms with Crippen molar-refractivity contribution in [3.8, 4) is 0 Å². The molecule has 0 aliphatic heterocycles. The lowest BCUT2D eigenvalue weighted by Gasteiger charge is -2.09. The van der Waals surface area contributed by atoms with Gasteiger partial charge in [0.15, 0.2) is 0 Å². The third-order valence-corrected chi connectivity index (χ3v) is 2.54. The van der Waals surface area contributed by atoms with Gasteiger partial charge in [0.25, 0.3) is 0 Å². The zero-order chi connectivity index (χ0) is 12.7. The fourth-order valence-electron chi connectivity index (χ4n) is 1.57. The largest absolute Gasteiger partial charge is 0.313 e. The van der Waals surface area contributed by atoms with Crippen LogP contribution < -0.4 is 5.32 Å². The molecule has 1 aromatic carbocycles. The van der Waals surface area contributed by atoms with Crippen LogP contribution in [0.15, 0.2) is 18.2 Å². The summed E-state index contributed by atoms with van der Waals surface area (Å²) < 4.78 is 25.9. The van der Waals surface area contributed by atoms with Crippen LogP contribution in [0.25, 0.3) is 0 Å². The maximum absolute atomic E-state index is 13.2. The molecule has 0 amide bonds. The molecule has 1 N–H and O–H groups in total. The predicted octanol–water partition coefficient (Wildman–Crippen LogP) is 2.40. The van der Waals surface area contributed by atoms with Gasteiger partial charge in [0.1, 0.15) is 11.6 Å². The molecule has 0 atom stereocenters. The molecule has 4 heteroatoms. The van der Waals surface area contributed by atoms with Gasteiger partial charge >= 0.3 is 0 Å². The highest BCUT2D eigenvalue weighted by Gasteiger charge is 2.02. The number of rotatable bonds is 7. The van der Waals surface area contributed by atoms with E-state index in [4.69, 9.17) is 0 Å². The van der Waals surface area contributed by atoms with Crippen LogP contribution >= 0.6 is 0 Å². The van der Waals surface area contributed by atoms with Crippen molar-refractivity contribution in [1.29, 1.82) is 0 Å². The Hall–Kier alpha value is -1.00. The highest BCUT2D eigenvalue weighted by Crippen LogP contribution is 2.08. The average Bonchev–Trinajstić information content (AvgIpc) is 2.25. The first-order valence-electron chi connectivity index (χ1n) is 5.89. The number of hydrogen-bond acceptors (Lipinski definition) is 2. The molecular weight excluding hydrogens is 222 g/mol. The van der Waals surface area contributed by atoms with Crippen molar-refractivity contribution >= 4 is 0 Å². The molecule has 0 aliphatic carbocycles. The Bertz CT molecular complexity index is 340. The average molecular weight is 242 g/mol. The summed E-state index contributed by atoms with van der Waals surface area (Å²) >= 11 is 0. The van der Waals surface area contributed by atoms with Gasteiger partial charge in [-0.05, 0) is 46.1 Å². The summed E-state index contributed by atoms with van der Waals surface area (Å²) in [4.78, 5) is 2.14. The Morgan fingerprint density at radius 1 is 1.18 bits per heavy atom. The van der Waals surface area contributed by atoms with Gasteiger partial charge in [-0.15, -0.1) is 0 Å². The van der Waals surface area contributed by atoms with Gasteiger partial charge in [0, 0.05) is 18.2 Å². The molecule has 0 aliphatic rings. The molecule has 0 unspecified atom stereocenters. The molecule has 0 spiro atoms. The minimum atomic E-state index is -0.530. The Morgan fingerprint density at radius 2 is 1.94 bits per heavy atom. The molecule has 0 aromatic heterocycles. The van der Waals surface area contributed by atoms with Gasteiger partial charge in [-0.2, -0.15) is 0 Å². The lowest BCUT2D eigenvalue weighted by molar-refractivity contribution is 0.391. The molecule has 0 fully saturated rings. The van der Waals surface area contributed by atoms with Crippen molar-refractivity contribution in [1.82, 2.24) is 10.2 Å². The van der Waals surface area contributed by atoms with Gasteiger partial charge in [-0.3, -0.25) is 0 Å². The second-order valence-electron chi connectivity index (χ2n) is 4.42. The van der Waals surface area contributed by atoms with E-state index in [0.29, 0.717) is 12.1 Å². The van der Waals surface area contributed by atoms with E-state index in [1.807, 2.05) is 14.1 Å². The van der Waals surface area contributed by atoms with E-state index in [-0.39, 0.29) is 0 Å². The van der Waals surface area contributed by atoms with Crippen molar-refractivity contribution in [2.24, 2.45) is 0 Å². The Morgan fingerprint density at radius 3 is 2.59 bits per heavy atom. The maximum atomic E-state index is 13.2. The summed E-state index contributed by atoms with van der Waals surface area (Å²) in [6, 6.07) is 3.69. The maximum Gasteiger partial charge on any atom is 0.130 e. The Labute approximate surface area is 102 Å². The topological polar surface area (TPSA) is 15.3 Å². The SMILES string of the molecule is CN(C)CCCCNCc1ccc(F)cc1F. The van der Waals surface area contributed by atoms with E-state index in [1.165, 1.54) is 12.1 Å². The first-order valence-corrected chi connectivity index (χ1v) is 5.89. The molecule has 0 radical (unpaired) electrons. The highest BCUT2D eigenvalue weighted by molar-refractivity contribution is 5.18. The van der Waals surface area contributed by atoms with E-state index < -0.39 is 11.6 Å². The van der Waals surface area contributed by atoms with Crippen LogP contribution in [-0.2, 0) is 6.54 Å². The van der Waals surface area contributed by atoms with Crippen LogP contribution in [0.5, 0.6) is 0 Å². The first-order chi connectivity index (χ1) is 8.09. The van der Waals surface area contributed by atoms with Crippen molar-refractivity contribution in [2.75, 3.05) is 27.2 Å². The molecule has 0 saturated carbocycles. The van der Waals surface area contributed by atoms with Crippen LogP contribution in [0.2, 0.25) is 0 Å². The minimum absolute atomic E-state index is 0.452. The van der Waals surface area contributed by atoms with E-state index in [9.17, 15) is 8.78 Å². The lowest BCUT2D eigenvalue weighted by atomic mass is 10.2. The number of hydrogen-bond donors (Lipinski definition) is 1. The van der Waals surface area contributed by atoms with Crippen LogP contribution in [-0.4, -0.2) is 32.1 Å². The normalized spacial score (nSPS) is 11.1. The summed E-state index contributed by atoms with van der Waals surface area (Å²) in [6.07, 6.45) is 2.17. The van der Waals surface area contributed by atoms with Crippen LogP contribution in [0.3, 0.4) is 0 Å². The van der Waals surface area contributed by atoms with Crippen LogP contribution in [0, 0.1) is 11.6 Å². The van der Waals surface area contributed by atoms with E-state index in [0.717, 1.165) is 32.0 Å². The fourth-order valence-corrected chi connectivity index (χ4v) is 1.57. The summed E-state index contributed by atoms with van der Waals surface area (Å²) in [5.74, 6) is -1.01. The summed E-state index contributed by atoms with van der Waals surface area (Å²) in [5.41, 5.74) is 0.513. The molecule has 2 nitrogen and oxygen atoms in total. The number of halogens is 2. The fraction of sp³-hybridized carbons (Fsp3) is 0.538. The van der Waals surface area contributed by atoms with Gasteiger partial charge in [-0.1, -0.05) is 6.07 Å². The van der Waals surface area contributed by atoms with Gasteiger partial charge in [0.05, 0.1) is 0 Å². The van der Waals surface area contributed by atoms with E-state index in [1.54, 1.807) is 0 Å². The summed E-state index contributed by atoms with van der Waals surface area (Å²) in [6.45, 7) is 2.37. The Kier molecular flexibility index (Phi) is 6.08. The van der Waals surface area contributed by atoms with Gasteiger partial charge < -0.3 is 10.2 Å². The molecule has 0 heterocycles. The quantitative estimate of drug-likeness (QED) is 0.739. The summed E-state index contributed by atoms with van der Waals surface area (Å²) in [7, 11) is 4.09. The highest BCUT2D eigenvalue weighted by atomic mass is 19.1. The second-order valence-corrected chi connectivity index (χ2v) is 4.42. The second kappa shape index (κ2) is 7.35. The molecule has 0 saturated heterocycles. The molecule has 1 rings (SSSR count). The number of nitrogens with one attached hydrogen (secondary N) is 1. The van der Waals surface area contributed by atoms with E-state index >= 15 is 0 Å². The van der Waals surface area contributed by atoms with Crippen molar-refractivity contribution in [3.63, 3.8) is 0 Å². The Balaban J connectivity index is 2.18. The number of nitrogens with zero attached hydrogens (tertiary/aromatic N) is 1. The van der Waals surface area contributed by atoms with Crippen molar-refractivity contribution in [3.05, 3.63) is 35.4 Å². The number of benzene rings is 1. The summed E-state index contributed by atoms with van der Waals surface area (Å²) in [5, 5.41) is 3.15. The number of unbranched alkanes of at least 4 members (excludes halogenated alkanes) is 1. The smallest absolute Gasteiger partial charge is 0.130 e. The van der Waals surface area contributed by atoms with Gasteiger partial charge in [0.2, 0.25) is 0 Å². The standard InChI is InChI=1S/C13H20F2N2/c1-17(2)8-4-3-7-16-10-11-5-6-12(14)9-13(11)15/h5-6,9,16H,3-4,7-8,10H2,1-2H3. The zero-order valence-electron chi connectivity index (χ0n) is 10.5. The minimum Gasteiger partial charge on any atom is -0.313 e. The zero-order valence-corrected chi connectivity index (χ0v) is 10.5. The van der Waals surface area contributed by atoms with Crippen LogP contribution in [0.1, 0.15) is 18.4 Å². The predicted molar refractivity (Wildman–Crippen MR) is 65.9 cm³/mol. The van der Waals surface area contributed by atoms with Crippen molar-refractivity contribution in [2.45, 2.75) is 19.4 Å². The lowest BCUT2D eigenvalue weighted by Crippen LogP contribution is -2.18. The van der Waals surface area contributed by atoms with Crippen LogP contribution in [0.4, 0.5) is 8.78 Å².